The molecule has 0 bridgehead atoms. The van der Waals surface area contributed by atoms with Crippen molar-refractivity contribution in [2.45, 2.75) is 39.3 Å². The number of ether oxygens (including phenoxy) is 2. The Labute approximate surface area is 101 Å². The van der Waals surface area contributed by atoms with Gasteiger partial charge in [0.05, 0.1) is 6.61 Å². The molecule has 0 spiro atoms. The quantitative estimate of drug-likeness (QED) is 0.752. The molecule has 1 aromatic heterocycles. The third kappa shape index (κ3) is 2.49. The predicted molar refractivity (Wildman–Crippen MR) is 61.8 cm³/mol. The molecule has 5 heteroatoms. The average Bonchev–Trinajstić information content (AvgIpc) is 2.98. The molecule has 0 aromatic carbocycles. The average molecular weight is 238 g/mol. The molecule has 0 amide bonds. The number of aryl methyl sites for hydroxylation is 1. The van der Waals surface area contributed by atoms with Crippen LogP contribution < -0.4 is 0 Å². The van der Waals surface area contributed by atoms with Gasteiger partial charge in [-0.15, -0.1) is 0 Å². The highest BCUT2D eigenvalue weighted by Gasteiger charge is 2.27. The second kappa shape index (κ2) is 5.31. The van der Waals surface area contributed by atoms with E-state index in [0.29, 0.717) is 12.2 Å². The summed E-state index contributed by atoms with van der Waals surface area (Å²) in [5.41, 5.74) is 1.27. The van der Waals surface area contributed by atoms with E-state index in [-0.39, 0.29) is 12.1 Å². The van der Waals surface area contributed by atoms with Crippen molar-refractivity contribution >= 4 is 5.97 Å². The van der Waals surface area contributed by atoms with Gasteiger partial charge in [0.2, 0.25) is 0 Å². The second-order valence-electron chi connectivity index (χ2n) is 4.01. The van der Waals surface area contributed by atoms with E-state index in [0.717, 1.165) is 31.7 Å². The zero-order chi connectivity index (χ0) is 12.3. The van der Waals surface area contributed by atoms with Crippen LogP contribution in [-0.2, 0) is 16.0 Å². The maximum absolute atomic E-state index is 11.8. The number of hydrogen-bond acceptors (Lipinski definition) is 4. The highest BCUT2D eigenvalue weighted by molar-refractivity contribution is 5.90. The van der Waals surface area contributed by atoms with Gasteiger partial charge in [-0.3, -0.25) is 4.68 Å². The van der Waals surface area contributed by atoms with Crippen molar-refractivity contribution in [3.63, 3.8) is 0 Å². The molecule has 5 nitrogen and oxygen atoms in total. The van der Waals surface area contributed by atoms with Crippen molar-refractivity contribution in [3.05, 3.63) is 17.5 Å². The lowest BCUT2D eigenvalue weighted by molar-refractivity contribution is 0.0514. The van der Waals surface area contributed by atoms with E-state index in [9.17, 15) is 4.79 Å². The fourth-order valence-electron chi connectivity index (χ4n) is 2.00. The molecule has 0 saturated carbocycles. The molecule has 1 saturated heterocycles. The summed E-state index contributed by atoms with van der Waals surface area (Å²) in [7, 11) is 0. The van der Waals surface area contributed by atoms with Crippen LogP contribution in [0.5, 0.6) is 0 Å². The van der Waals surface area contributed by atoms with Gasteiger partial charge in [-0.1, -0.05) is 0 Å². The predicted octanol–water partition coefficient (Wildman–Crippen LogP) is 1.93. The minimum atomic E-state index is -0.308. The van der Waals surface area contributed by atoms with Crippen LogP contribution in [0.4, 0.5) is 0 Å². The lowest BCUT2D eigenvalue weighted by atomic mass is 10.1. The van der Waals surface area contributed by atoms with E-state index in [4.69, 9.17) is 9.47 Å². The first kappa shape index (κ1) is 12.1. The van der Waals surface area contributed by atoms with Gasteiger partial charge in [-0.2, -0.15) is 5.10 Å². The smallest absolute Gasteiger partial charge is 0.341 e. The van der Waals surface area contributed by atoms with Gasteiger partial charge < -0.3 is 9.47 Å². The maximum atomic E-state index is 11.8. The molecule has 94 valence electrons. The standard InChI is InChI=1S/C12H18N2O3/c1-3-14-8-9(12(15)16-4-2)11(13-14)10-6-5-7-17-10/h8,10H,3-7H2,1-2H3. The van der Waals surface area contributed by atoms with Crippen LogP contribution in [0.25, 0.3) is 0 Å². The van der Waals surface area contributed by atoms with Crippen molar-refractivity contribution in [1.82, 2.24) is 9.78 Å². The van der Waals surface area contributed by atoms with Crippen molar-refractivity contribution < 1.29 is 14.3 Å². The van der Waals surface area contributed by atoms with Gasteiger partial charge in [0.15, 0.2) is 0 Å². The van der Waals surface area contributed by atoms with Gasteiger partial charge in [-0.05, 0) is 26.7 Å². The summed E-state index contributed by atoms with van der Waals surface area (Å²) in [4.78, 5) is 11.8. The van der Waals surface area contributed by atoms with E-state index in [1.54, 1.807) is 17.8 Å². The fourth-order valence-corrected chi connectivity index (χ4v) is 2.00. The second-order valence-corrected chi connectivity index (χ2v) is 4.01. The maximum Gasteiger partial charge on any atom is 0.341 e. The molecule has 2 rings (SSSR count). The molecule has 17 heavy (non-hydrogen) atoms. The molecular weight excluding hydrogens is 220 g/mol. The Bertz CT molecular complexity index is 394. The number of esters is 1. The molecule has 0 N–H and O–H groups in total. The third-order valence-electron chi connectivity index (χ3n) is 2.84. The van der Waals surface area contributed by atoms with Crippen LogP contribution in [0.2, 0.25) is 0 Å². The first-order valence-electron chi connectivity index (χ1n) is 6.12. The molecule has 1 aromatic rings. The van der Waals surface area contributed by atoms with Crippen molar-refractivity contribution in [2.75, 3.05) is 13.2 Å². The fraction of sp³-hybridized carbons (Fsp3) is 0.667. The highest BCUT2D eigenvalue weighted by Crippen LogP contribution is 2.30. The number of nitrogens with zero attached hydrogens (tertiary/aromatic N) is 2. The van der Waals surface area contributed by atoms with Crippen LogP contribution in [0.1, 0.15) is 48.8 Å². The number of carbonyl (C=O) groups excluding carboxylic acids is 1. The summed E-state index contributed by atoms with van der Waals surface area (Å²) in [6.45, 7) is 5.64. The van der Waals surface area contributed by atoms with Crippen molar-refractivity contribution in [3.8, 4) is 0 Å². The molecule has 1 aliphatic rings. The van der Waals surface area contributed by atoms with Crippen LogP contribution in [0.15, 0.2) is 6.20 Å². The van der Waals surface area contributed by atoms with E-state index >= 15 is 0 Å². The van der Waals surface area contributed by atoms with E-state index in [2.05, 4.69) is 5.10 Å². The SMILES string of the molecule is CCOC(=O)c1cn(CC)nc1C1CCCO1. The van der Waals surface area contributed by atoms with Gasteiger partial charge in [0.25, 0.3) is 0 Å². The molecule has 1 fully saturated rings. The van der Waals surface area contributed by atoms with Gasteiger partial charge >= 0.3 is 5.97 Å². The van der Waals surface area contributed by atoms with Gasteiger partial charge in [-0.25, -0.2) is 4.79 Å². The Morgan fingerprint density at radius 1 is 1.65 bits per heavy atom. The molecular formula is C12H18N2O3. The van der Waals surface area contributed by atoms with Crippen LogP contribution >= 0.6 is 0 Å². The molecule has 0 radical (unpaired) electrons. The van der Waals surface area contributed by atoms with Crippen LogP contribution in [0, 0.1) is 0 Å². The lowest BCUT2D eigenvalue weighted by Gasteiger charge is -2.08. The summed E-state index contributed by atoms with van der Waals surface area (Å²) in [5.74, 6) is -0.308. The summed E-state index contributed by atoms with van der Waals surface area (Å²) >= 11 is 0. The molecule has 1 aliphatic heterocycles. The minimum absolute atomic E-state index is 0.0535. The molecule has 0 aliphatic carbocycles. The number of aromatic nitrogens is 2. The van der Waals surface area contributed by atoms with E-state index < -0.39 is 0 Å². The molecule has 1 atom stereocenters. The molecule has 1 unspecified atom stereocenters. The Morgan fingerprint density at radius 2 is 2.47 bits per heavy atom. The van der Waals surface area contributed by atoms with Crippen LogP contribution in [-0.4, -0.2) is 29.0 Å². The minimum Gasteiger partial charge on any atom is -0.462 e. The summed E-state index contributed by atoms with van der Waals surface area (Å²) < 4.78 is 12.4. The lowest BCUT2D eigenvalue weighted by Crippen LogP contribution is -2.09. The summed E-state index contributed by atoms with van der Waals surface area (Å²) in [6.07, 6.45) is 3.64. The first-order valence-corrected chi connectivity index (χ1v) is 6.12. The van der Waals surface area contributed by atoms with Crippen molar-refractivity contribution in [1.29, 1.82) is 0 Å². The number of hydrogen-bond donors (Lipinski definition) is 0. The first-order chi connectivity index (χ1) is 8.26. The van der Waals surface area contributed by atoms with Gasteiger partial charge in [0.1, 0.15) is 17.4 Å². The third-order valence-corrected chi connectivity index (χ3v) is 2.84. The van der Waals surface area contributed by atoms with Gasteiger partial charge in [0, 0.05) is 19.3 Å². The molecule has 2 heterocycles. The zero-order valence-corrected chi connectivity index (χ0v) is 10.3. The Hall–Kier alpha value is -1.36. The van der Waals surface area contributed by atoms with Crippen LogP contribution in [0.3, 0.4) is 0 Å². The number of carbonyl (C=O) groups is 1. The Morgan fingerprint density at radius 3 is 3.06 bits per heavy atom. The van der Waals surface area contributed by atoms with E-state index in [1.165, 1.54) is 0 Å². The normalized spacial score (nSPS) is 19.5. The Balaban J connectivity index is 2.28. The summed E-state index contributed by atoms with van der Waals surface area (Å²) in [6, 6.07) is 0. The largest absolute Gasteiger partial charge is 0.462 e. The topological polar surface area (TPSA) is 53.4 Å². The summed E-state index contributed by atoms with van der Waals surface area (Å²) in [5, 5.41) is 4.40. The van der Waals surface area contributed by atoms with E-state index in [1.807, 2.05) is 6.92 Å². The monoisotopic (exact) mass is 238 g/mol. The zero-order valence-electron chi connectivity index (χ0n) is 10.3. The number of rotatable bonds is 4. The Kier molecular flexibility index (Phi) is 3.78. The highest BCUT2D eigenvalue weighted by atomic mass is 16.5. The van der Waals surface area contributed by atoms with Crippen molar-refractivity contribution in [2.24, 2.45) is 0 Å².